The molecule has 1 aromatic heterocycles. The number of nitrogens with zero attached hydrogens (tertiary/aromatic N) is 1. The summed E-state index contributed by atoms with van der Waals surface area (Å²) in [5.74, 6) is 0. The minimum Gasteiger partial charge on any atom is -0.462 e. The lowest BCUT2D eigenvalue weighted by molar-refractivity contribution is 0.103. The number of hydrazine groups is 1. The van der Waals surface area contributed by atoms with Crippen molar-refractivity contribution < 1.29 is 23.5 Å². The average Bonchev–Trinajstić information content (AvgIpc) is 2.52. The fraction of sp³-hybridized carbons (Fsp3) is 0.353. The van der Waals surface area contributed by atoms with Gasteiger partial charge in [0.1, 0.15) is 11.8 Å². The molecule has 2 amide bonds. The highest BCUT2D eigenvalue weighted by molar-refractivity contribution is 6.31. The lowest BCUT2D eigenvalue weighted by Crippen LogP contribution is -2.49. The van der Waals surface area contributed by atoms with E-state index < -0.39 is 29.8 Å². The Kier molecular flexibility index (Phi) is 6.10. The van der Waals surface area contributed by atoms with Gasteiger partial charge >= 0.3 is 12.2 Å². The van der Waals surface area contributed by atoms with Crippen molar-refractivity contribution in [2.24, 2.45) is 0 Å². The summed E-state index contributed by atoms with van der Waals surface area (Å²) in [6, 6.07) is 4.50. The number of anilines is 1. The second-order valence-corrected chi connectivity index (χ2v) is 6.36. The topological polar surface area (TPSA) is 98.1 Å². The van der Waals surface area contributed by atoms with Crippen LogP contribution in [0.5, 0.6) is 0 Å². The molecule has 0 saturated heterocycles. The van der Waals surface area contributed by atoms with Gasteiger partial charge in [-0.1, -0.05) is 11.6 Å². The second kappa shape index (κ2) is 8.09. The van der Waals surface area contributed by atoms with Crippen LogP contribution < -0.4 is 15.9 Å². The Bertz CT molecular complexity index is 877. The minimum atomic E-state index is -0.964. The fourth-order valence-corrected chi connectivity index (χ4v) is 2.21. The van der Waals surface area contributed by atoms with E-state index in [1.807, 2.05) is 0 Å². The maximum absolute atomic E-state index is 12.8. The van der Waals surface area contributed by atoms with Crippen LogP contribution in [0.2, 0.25) is 5.02 Å². The van der Waals surface area contributed by atoms with Gasteiger partial charge in [0, 0.05) is 5.02 Å². The lowest BCUT2D eigenvalue weighted by Gasteiger charge is -2.23. The van der Waals surface area contributed by atoms with Crippen molar-refractivity contribution in [1.82, 2.24) is 5.43 Å². The van der Waals surface area contributed by atoms with Crippen LogP contribution in [-0.4, -0.2) is 24.4 Å². The number of carbonyl (C=O) groups excluding carboxylic acids is 2. The number of amides is 2. The quantitative estimate of drug-likeness (QED) is 0.809. The molecular weight excluding hydrogens is 364 g/mol. The van der Waals surface area contributed by atoms with Crippen molar-refractivity contribution in [1.29, 1.82) is 0 Å². The summed E-state index contributed by atoms with van der Waals surface area (Å²) in [5.41, 5.74) is 1.66. The first kappa shape index (κ1) is 19.6. The summed E-state index contributed by atoms with van der Waals surface area (Å²) in [7, 11) is 0. The molecule has 2 rings (SSSR count). The van der Waals surface area contributed by atoms with E-state index in [9.17, 15) is 14.4 Å². The largest absolute Gasteiger partial charge is 0.462 e. The highest BCUT2D eigenvalue weighted by Crippen LogP contribution is 2.20. The van der Waals surface area contributed by atoms with Crippen molar-refractivity contribution >= 4 is 40.4 Å². The SMILES string of the molecule is CC(C)OC(=O)NN(C(=O)OC(C)C)c1coc2ccc(Cl)cc2c1=O. The van der Waals surface area contributed by atoms with Gasteiger partial charge in [0.25, 0.3) is 0 Å². The summed E-state index contributed by atoms with van der Waals surface area (Å²) in [4.78, 5) is 37.0. The van der Waals surface area contributed by atoms with E-state index in [1.165, 1.54) is 12.1 Å². The van der Waals surface area contributed by atoms with Gasteiger partial charge in [-0.05, 0) is 45.9 Å². The predicted molar refractivity (Wildman–Crippen MR) is 96.3 cm³/mol. The molecule has 0 aliphatic carbocycles. The number of benzene rings is 1. The van der Waals surface area contributed by atoms with Gasteiger partial charge in [-0.3, -0.25) is 4.79 Å². The first-order valence-electron chi connectivity index (χ1n) is 7.88. The lowest BCUT2D eigenvalue weighted by atomic mass is 10.2. The average molecular weight is 383 g/mol. The van der Waals surface area contributed by atoms with Gasteiger partial charge in [0.05, 0.1) is 17.6 Å². The minimum absolute atomic E-state index is 0.149. The summed E-state index contributed by atoms with van der Waals surface area (Å²) >= 11 is 5.92. The molecule has 1 heterocycles. The Balaban J connectivity index is 2.48. The molecule has 0 aliphatic heterocycles. The van der Waals surface area contributed by atoms with Crippen molar-refractivity contribution in [2.75, 3.05) is 5.01 Å². The summed E-state index contributed by atoms with van der Waals surface area (Å²) < 4.78 is 15.4. The zero-order valence-electron chi connectivity index (χ0n) is 14.7. The third kappa shape index (κ3) is 4.66. The number of hydrogen-bond donors (Lipinski definition) is 1. The van der Waals surface area contributed by atoms with Crippen LogP contribution in [0.15, 0.2) is 33.7 Å². The van der Waals surface area contributed by atoms with Gasteiger partial charge in [0.15, 0.2) is 5.69 Å². The first-order chi connectivity index (χ1) is 12.2. The normalized spacial score (nSPS) is 10.9. The van der Waals surface area contributed by atoms with Crippen molar-refractivity contribution in [3.8, 4) is 0 Å². The molecule has 8 nitrogen and oxygen atoms in total. The number of halogens is 1. The maximum Gasteiger partial charge on any atom is 0.434 e. The van der Waals surface area contributed by atoms with Gasteiger partial charge in [0.2, 0.25) is 5.43 Å². The van der Waals surface area contributed by atoms with Gasteiger partial charge in [-0.2, -0.15) is 5.01 Å². The molecule has 0 radical (unpaired) electrons. The standard InChI is InChI=1S/C17H19ClN2O6/c1-9(2)25-16(22)19-20(17(23)26-10(3)4)13-8-24-14-6-5-11(18)7-12(14)15(13)21/h5-10H,1-4H3,(H,19,22). The molecule has 0 atom stereocenters. The van der Waals surface area contributed by atoms with Gasteiger partial charge < -0.3 is 13.9 Å². The summed E-state index contributed by atoms with van der Waals surface area (Å²) in [6.07, 6.45) is -1.74. The smallest absolute Gasteiger partial charge is 0.434 e. The molecule has 140 valence electrons. The Morgan fingerprint density at radius 3 is 2.42 bits per heavy atom. The van der Waals surface area contributed by atoms with E-state index in [1.54, 1.807) is 33.8 Å². The van der Waals surface area contributed by atoms with E-state index in [4.69, 9.17) is 25.5 Å². The van der Waals surface area contributed by atoms with E-state index in [0.717, 1.165) is 6.26 Å². The fourth-order valence-electron chi connectivity index (χ4n) is 2.04. The van der Waals surface area contributed by atoms with Crippen molar-refractivity contribution in [3.05, 3.63) is 39.7 Å². The van der Waals surface area contributed by atoms with E-state index in [0.29, 0.717) is 10.0 Å². The second-order valence-electron chi connectivity index (χ2n) is 5.92. The molecule has 0 aliphatic rings. The van der Waals surface area contributed by atoms with Gasteiger partial charge in [-0.25, -0.2) is 15.0 Å². The highest BCUT2D eigenvalue weighted by atomic mass is 35.5. The van der Waals surface area contributed by atoms with E-state index in [-0.39, 0.29) is 16.7 Å². The van der Waals surface area contributed by atoms with Crippen LogP contribution >= 0.6 is 11.6 Å². The molecule has 1 N–H and O–H groups in total. The van der Waals surface area contributed by atoms with Crippen LogP contribution in [0, 0.1) is 0 Å². The predicted octanol–water partition coefficient (Wildman–Crippen LogP) is 3.85. The molecule has 0 fully saturated rings. The maximum atomic E-state index is 12.8. The Labute approximate surface area is 154 Å². The summed E-state index contributed by atoms with van der Waals surface area (Å²) in [5, 5.41) is 1.12. The van der Waals surface area contributed by atoms with Crippen LogP contribution in [0.25, 0.3) is 11.0 Å². The number of nitrogens with one attached hydrogen (secondary N) is 1. The van der Waals surface area contributed by atoms with Gasteiger partial charge in [-0.15, -0.1) is 0 Å². The number of fused-ring (bicyclic) bond motifs is 1. The van der Waals surface area contributed by atoms with E-state index >= 15 is 0 Å². The molecule has 0 unspecified atom stereocenters. The van der Waals surface area contributed by atoms with Crippen LogP contribution in [-0.2, 0) is 9.47 Å². The number of hydrogen-bond acceptors (Lipinski definition) is 6. The monoisotopic (exact) mass is 382 g/mol. The number of carbonyl (C=O) groups is 2. The third-order valence-electron chi connectivity index (χ3n) is 3.02. The number of rotatable bonds is 3. The Hall–Kier alpha value is -2.74. The van der Waals surface area contributed by atoms with Crippen LogP contribution in [0.1, 0.15) is 27.7 Å². The number of ether oxygens (including phenoxy) is 2. The zero-order valence-corrected chi connectivity index (χ0v) is 15.5. The zero-order chi connectivity index (χ0) is 19.4. The molecule has 1 aromatic carbocycles. The van der Waals surface area contributed by atoms with E-state index in [2.05, 4.69) is 5.43 Å². The Morgan fingerprint density at radius 1 is 1.15 bits per heavy atom. The summed E-state index contributed by atoms with van der Waals surface area (Å²) in [6.45, 7) is 6.54. The molecule has 0 bridgehead atoms. The van der Waals surface area contributed by atoms with Crippen molar-refractivity contribution in [2.45, 2.75) is 39.9 Å². The van der Waals surface area contributed by atoms with Crippen LogP contribution in [0.3, 0.4) is 0 Å². The molecule has 0 spiro atoms. The molecular formula is C17H19ClN2O6. The molecule has 26 heavy (non-hydrogen) atoms. The van der Waals surface area contributed by atoms with Crippen molar-refractivity contribution in [3.63, 3.8) is 0 Å². The molecule has 2 aromatic rings. The Morgan fingerprint density at radius 2 is 1.81 bits per heavy atom. The molecule has 9 heteroatoms. The molecule has 0 saturated carbocycles. The third-order valence-corrected chi connectivity index (χ3v) is 3.26. The van der Waals surface area contributed by atoms with Crippen LogP contribution in [0.4, 0.5) is 15.3 Å². The first-order valence-corrected chi connectivity index (χ1v) is 8.26. The highest BCUT2D eigenvalue weighted by Gasteiger charge is 2.26.